The maximum Gasteiger partial charge on any atom is 0.253 e. The van der Waals surface area contributed by atoms with Crippen molar-refractivity contribution in [2.45, 2.75) is 71.0 Å². The zero-order valence-electron chi connectivity index (χ0n) is 22.9. The lowest BCUT2D eigenvalue weighted by Crippen LogP contribution is -2.56. The first-order valence-corrected chi connectivity index (χ1v) is 13.9. The summed E-state index contributed by atoms with van der Waals surface area (Å²) >= 11 is 0. The predicted molar refractivity (Wildman–Crippen MR) is 145 cm³/mol. The molecule has 3 fully saturated rings. The van der Waals surface area contributed by atoms with E-state index in [0.717, 1.165) is 75.4 Å². The number of fused-ring (bicyclic) bond motifs is 1. The van der Waals surface area contributed by atoms with Crippen LogP contribution in [-0.2, 0) is 9.53 Å². The smallest absolute Gasteiger partial charge is 0.253 e. The summed E-state index contributed by atoms with van der Waals surface area (Å²) in [6.07, 6.45) is 5.43. The van der Waals surface area contributed by atoms with Gasteiger partial charge in [0.2, 0.25) is 5.91 Å². The van der Waals surface area contributed by atoms with Gasteiger partial charge in [0.15, 0.2) is 5.75 Å². The summed E-state index contributed by atoms with van der Waals surface area (Å²) in [5.41, 5.74) is 4.42. The van der Waals surface area contributed by atoms with E-state index in [2.05, 4.69) is 44.2 Å². The third-order valence-electron chi connectivity index (χ3n) is 8.67. The summed E-state index contributed by atoms with van der Waals surface area (Å²) in [6.45, 7) is 9.19. The van der Waals surface area contributed by atoms with Crippen LogP contribution < -0.4 is 9.64 Å². The molecule has 3 aliphatic rings. The molecule has 1 saturated carbocycles. The Labute approximate surface area is 224 Å². The predicted octanol–water partition coefficient (Wildman–Crippen LogP) is 3.84. The summed E-state index contributed by atoms with van der Waals surface area (Å²) in [5.74, 6) is 3.19. The number of carbonyl (C=O) groups is 1. The minimum Gasteiger partial charge on any atom is -0.485 e. The summed E-state index contributed by atoms with van der Waals surface area (Å²) in [4.78, 5) is 26.1. The highest BCUT2D eigenvalue weighted by molar-refractivity contribution is 5.79. The molecule has 2 aromatic heterocycles. The first-order chi connectivity index (χ1) is 18.4. The van der Waals surface area contributed by atoms with Crippen LogP contribution in [0.25, 0.3) is 5.78 Å². The Bertz CT molecular complexity index is 1310. The average molecular weight is 519 g/mol. The summed E-state index contributed by atoms with van der Waals surface area (Å²) in [7, 11) is 1.72. The molecule has 38 heavy (non-hydrogen) atoms. The Morgan fingerprint density at radius 2 is 1.66 bits per heavy atom. The van der Waals surface area contributed by atoms with Crippen LogP contribution in [0.3, 0.4) is 0 Å². The number of methoxy groups -OCH3 is 1. The molecule has 1 aromatic carbocycles. The molecule has 1 amide bonds. The van der Waals surface area contributed by atoms with E-state index in [9.17, 15) is 4.79 Å². The van der Waals surface area contributed by atoms with Crippen LogP contribution in [0, 0.1) is 26.7 Å². The standard InChI is InChI=1S/C29H38N6O3/c1-18-27(19(2)35-29(30-18)31-20(3)32-35)38-25-13-14-33(15-25)24-11-9-22(10-12-24)21-5-7-23(8-6-21)28(36)34-16-26(17-34)37-4/h9-12,21,23,25-26H,5-8,13-17H2,1-4H3/t21?,23?,25-/m1/s1. The number of aromatic nitrogens is 4. The van der Waals surface area contributed by atoms with Gasteiger partial charge in [0.1, 0.15) is 11.9 Å². The van der Waals surface area contributed by atoms with Crippen molar-refractivity contribution in [1.82, 2.24) is 24.5 Å². The molecule has 1 atom stereocenters. The van der Waals surface area contributed by atoms with Crippen molar-refractivity contribution in [3.63, 3.8) is 0 Å². The number of hydrogen-bond donors (Lipinski definition) is 0. The number of amides is 1. The molecule has 1 aliphatic carbocycles. The van der Waals surface area contributed by atoms with Gasteiger partial charge in [-0.25, -0.2) is 4.98 Å². The quantitative estimate of drug-likeness (QED) is 0.490. The van der Waals surface area contributed by atoms with Crippen molar-refractivity contribution in [3.05, 3.63) is 47.0 Å². The highest BCUT2D eigenvalue weighted by atomic mass is 16.5. The molecule has 0 unspecified atom stereocenters. The van der Waals surface area contributed by atoms with Gasteiger partial charge in [-0.2, -0.15) is 9.50 Å². The number of aryl methyl sites for hydroxylation is 3. The molecule has 2 aliphatic heterocycles. The second kappa shape index (κ2) is 10.2. The molecule has 3 aromatic rings. The number of carbonyl (C=O) groups excluding carboxylic acids is 1. The van der Waals surface area contributed by atoms with E-state index in [1.807, 2.05) is 25.7 Å². The molecule has 0 spiro atoms. The SMILES string of the molecule is COC1CN(C(=O)C2CCC(c3ccc(N4CC[C@@H](Oc5c(C)nc6nc(C)nn6c5C)C4)cc3)CC2)C1. The third-order valence-corrected chi connectivity index (χ3v) is 8.67. The van der Waals surface area contributed by atoms with Crippen LogP contribution in [0.1, 0.15) is 60.8 Å². The lowest BCUT2D eigenvalue weighted by Gasteiger charge is -2.41. The maximum absolute atomic E-state index is 12.8. The van der Waals surface area contributed by atoms with Crippen molar-refractivity contribution in [3.8, 4) is 5.75 Å². The molecular formula is C29H38N6O3. The maximum atomic E-state index is 12.8. The molecular weight excluding hydrogens is 480 g/mol. The number of nitrogens with zero attached hydrogens (tertiary/aromatic N) is 6. The molecule has 2 saturated heterocycles. The Morgan fingerprint density at radius 1 is 0.921 bits per heavy atom. The largest absolute Gasteiger partial charge is 0.485 e. The summed E-state index contributed by atoms with van der Waals surface area (Å²) in [5, 5.41) is 4.46. The van der Waals surface area contributed by atoms with Crippen LogP contribution in [0.15, 0.2) is 24.3 Å². The van der Waals surface area contributed by atoms with Gasteiger partial charge in [0.05, 0.1) is 24.0 Å². The van der Waals surface area contributed by atoms with Gasteiger partial charge in [0, 0.05) is 44.8 Å². The second-order valence-corrected chi connectivity index (χ2v) is 11.2. The lowest BCUT2D eigenvalue weighted by atomic mass is 9.78. The zero-order valence-corrected chi connectivity index (χ0v) is 22.9. The molecule has 0 bridgehead atoms. The van der Waals surface area contributed by atoms with Crippen LogP contribution in [-0.4, -0.2) is 75.9 Å². The summed E-state index contributed by atoms with van der Waals surface area (Å²) in [6, 6.07) is 9.08. The molecule has 0 N–H and O–H groups in total. The third kappa shape index (κ3) is 4.72. The van der Waals surface area contributed by atoms with E-state index in [4.69, 9.17) is 9.47 Å². The van der Waals surface area contributed by atoms with Crippen molar-refractivity contribution >= 4 is 17.4 Å². The fraction of sp³-hybridized carbons (Fsp3) is 0.586. The van der Waals surface area contributed by atoms with Gasteiger partial charge in [-0.3, -0.25) is 4.79 Å². The van der Waals surface area contributed by atoms with E-state index >= 15 is 0 Å². The Kier molecular flexibility index (Phi) is 6.72. The van der Waals surface area contributed by atoms with Gasteiger partial charge >= 0.3 is 0 Å². The fourth-order valence-electron chi connectivity index (χ4n) is 6.31. The van der Waals surface area contributed by atoms with Crippen LogP contribution in [0.4, 0.5) is 5.69 Å². The molecule has 4 heterocycles. The molecule has 9 nitrogen and oxygen atoms in total. The number of rotatable bonds is 6. The van der Waals surface area contributed by atoms with E-state index in [-0.39, 0.29) is 18.1 Å². The average Bonchev–Trinajstić information content (AvgIpc) is 3.52. The van der Waals surface area contributed by atoms with Gasteiger partial charge in [-0.1, -0.05) is 12.1 Å². The lowest BCUT2D eigenvalue weighted by molar-refractivity contribution is -0.148. The number of benzene rings is 1. The highest BCUT2D eigenvalue weighted by Crippen LogP contribution is 2.38. The number of likely N-dealkylation sites (tertiary alicyclic amines) is 1. The molecule has 0 radical (unpaired) electrons. The Hall–Kier alpha value is -3.20. The van der Waals surface area contributed by atoms with Crippen molar-refractivity contribution in [1.29, 1.82) is 0 Å². The number of hydrogen-bond acceptors (Lipinski definition) is 7. The monoisotopic (exact) mass is 518 g/mol. The first-order valence-electron chi connectivity index (χ1n) is 13.9. The summed E-state index contributed by atoms with van der Waals surface area (Å²) < 4.78 is 13.6. The van der Waals surface area contributed by atoms with Crippen LogP contribution in [0.5, 0.6) is 5.75 Å². The van der Waals surface area contributed by atoms with Crippen molar-refractivity contribution < 1.29 is 14.3 Å². The molecule has 9 heteroatoms. The first kappa shape index (κ1) is 25.1. The van der Waals surface area contributed by atoms with Gasteiger partial charge < -0.3 is 19.3 Å². The Morgan fingerprint density at radius 3 is 2.37 bits per heavy atom. The van der Waals surface area contributed by atoms with E-state index < -0.39 is 0 Å². The van der Waals surface area contributed by atoms with E-state index in [0.29, 0.717) is 23.4 Å². The number of ether oxygens (including phenoxy) is 2. The normalized spacial score (nSPS) is 24.2. The van der Waals surface area contributed by atoms with Crippen LogP contribution in [0.2, 0.25) is 0 Å². The molecule has 202 valence electrons. The van der Waals surface area contributed by atoms with Gasteiger partial charge in [-0.05, 0) is 70.1 Å². The number of anilines is 1. The topological polar surface area (TPSA) is 85.1 Å². The van der Waals surface area contributed by atoms with Crippen LogP contribution >= 0.6 is 0 Å². The fourth-order valence-corrected chi connectivity index (χ4v) is 6.31. The minimum atomic E-state index is 0.106. The molecule has 6 rings (SSSR count). The van der Waals surface area contributed by atoms with E-state index in [1.165, 1.54) is 11.3 Å². The van der Waals surface area contributed by atoms with Gasteiger partial charge in [-0.15, -0.1) is 5.10 Å². The second-order valence-electron chi connectivity index (χ2n) is 11.2. The zero-order chi connectivity index (χ0) is 26.4. The Balaban J connectivity index is 1.03. The highest BCUT2D eigenvalue weighted by Gasteiger charge is 2.36. The minimum absolute atomic E-state index is 0.106. The van der Waals surface area contributed by atoms with E-state index in [1.54, 1.807) is 11.6 Å². The van der Waals surface area contributed by atoms with Crippen molar-refractivity contribution in [2.24, 2.45) is 5.92 Å². The van der Waals surface area contributed by atoms with Crippen molar-refractivity contribution in [2.75, 3.05) is 38.2 Å². The van der Waals surface area contributed by atoms with Gasteiger partial charge in [0.25, 0.3) is 5.78 Å².